The van der Waals surface area contributed by atoms with Crippen LogP contribution in [0.3, 0.4) is 0 Å². The maximum Gasteiger partial charge on any atom is 0.335 e. The van der Waals surface area contributed by atoms with Crippen molar-refractivity contribution in [2.75, 3.05) is 17.7 Å². The molecule has 0 unspecified atom stereocenters. The van der Waals surface area contributed by atoms with E-state index in [2.05, 4.69) is 16.0 Å². The van der Waals surface area contributed by atoms with Gasteiger partial charge in [-0.2, -0.15) is 0 Å². The Bertz CT molecular complexity index is 908. The predicted molar refractivity (Wildman–Crippen MR) is 104 cm³/mol. The van der Waals surface area contributed by atoms with Gasteiger partial charge in [-0.1, -0.05) is 6.07 Å². The molecule has 0 aliphatic heterocycles. The molecule has 1 fully saturated rings. The molecule has 1 aliphatic rings. The highest BCUT2D eigenvalue weighted by atomic mass is 16.5. The van der Waals surface area contributed by atoms with Gasteiger partial charge in [0.25, 0.3) is 5.91 Å². The Balaban J connectivity index is 1.72. The van der Waals surface area contributed by atoms with Crippen LogP contribution in [0.4, 0.5) is 16.2 Å². The molecule has 1 saturated carbocycles. The van der Waals surface area contributed by atoms with Gasteiger partial charge in [-0.05, 0) is 54.8 Å². The van der Waals surface area contributed by atoms with Gasteiger partial charge in [-0.15, -0.1) is 0 Å². The molecular formula is C20H21N3O5. The first-order valence-corrected chi connectivity index (χ1v) is 8.80. The van der Waals surface area contributed by atoms with Gasteiger partial charge in [-0.3, -0.25) is 4.79 Å². The average Bonchev–Trinajstić information content (AvgIpc) is 3.45. The summed E-state index contributed by atoms with van der Waals surface area (Å²) in [6.45, 7) is 0.222. The SMILES string of the molecule is COCc1cc(NC(=O)c2cccc(NC(=O)NC3CC3)c2)cc(C(=O)O)c1. The molecule has 146 valence electrons. The van der Waals surface area contributed by atoms with Gasteiger partial charge in [0.15, 0.2) is 0 Å². The second-order valence-corrected chi connectivity index (χ2v) is 6.56. The van der Waals surface area contributed by atoms with Crippen LogP contribution in [-0.2, 0) is 11.3 Å². The van der Waals surface area contributed by atoms with Crippen molar-refractivity contribution in [2.24, 2.45) is 0 Å². The number of benzene rings is 2. The molecule has 0 aromatic heterocycles. The van der Waals surface area contributed by atoms with Crippen LogP contribution >= 0.6 is 0 Å². The van der Waals surface area contributed by atoms with E-state index in [-0.39, 0.29) is 24.2 Å². The largest absolute Gasteiger partial charge is 0.478 e. The minimum Gasteiger partial charge on any atom is -0.478 e. The van der Waals surface area contributed by atoms with Crippen LogP contribution < -0.4 is 16.0 Å². The summed E-state index contributed by atoms with van der Waals surface area (Å²) in [5.74, 6) is -1.52. The number of rotatable bonds is 7. The van der Waals surface area contributed by atoms with Crippen LogP contribution in [-0.4, -0.2) is 36.2 Å². The van der Waals surface area contributed by atoms with Crippen molar-refractivity contribution in [3.63, 3.8) is 0 Å². The van der Waals surface area contributed by atoms with Crippen LogP contribution in [0, 0.1) is 0 Å². The van der Waals surface area contributed by atoms with Crippen LogP contribution in [0.2, 0.25) is 0 Å². The van der Waals surface area contributed by atoms with Crippen molar-refractivity contribution in [1.29, 1.82) is 0 Å². The van der Waals surface area contributed by atoms with Gasteiger partial charge in [0.1, 0.15) is 0 Å². The van der Waals surface area contributed by atoms with E-state index in [4.69, 9.17) is 4.74 Å². The van der Waals surface area contributed by atoms with Crippen molar-refractivity contribution in [1.82, 2.24) is 5.32 Å². The normalized spacial score (nSPS) is 12.9. The minimum absolute atomic E-state index is 0.0528. The van der Waals surface area contributed by atoms with Gasteiger partial charge in [0.2, 0.25) is 0 Å². The number of hydrogen-bond acceptors (Lipinski definition) is 4. The average molecular weight is 383 g/mol. The number of anilines is 2. The van der Waals surface area contributed by atoms with E-state index < -0.39 is 11.9 Å². The Morgan fingerprint density at radius 1 is 1.04 bits per heavy atom. The van der Waals surface area contributed by atoms with Crippen molar-refractivity contribution >= 4 is 29.3 Å². The quantitative estimate of drug-likeness (QED) is 0.586. The fourth-order valence-corrected chi connectivity index (χ4v) is 2.66. The lowest BCUT2D eigenvalue weighted by atomic mass is 10.1. The molecule has 0 heterocycles. The lowest BCUT2D eigenvalue weighted by molar-refractivity contribution is 0.0696. The molecule has 0 radical (unpaired) electrons. The first-order chi connectivity index (χ1) is 13.4. The number of aromatic carboxylic acids is 1. The van der Waals surface area contributed by atoms with E-state index in [1.165, 1.54) is 19.2 Å². The summed E-state index contributed by atoms with van der Waals surface area (Å²) < 4.78 is 5.04. The van der Waals surface area contributed by atoms with E-state index in [0.717, 1.165) is 12.8 Å². The lowest BCUT2D eigenvalue weighted by Gasteiger charge is -2.11. The third-order valence-corrected chi connectivity index (χ3v) is 4.10. The van der Waals surface area contributed by atoms with Crippen LogP contribution in [0.15, 0.2) is 42.5 Å². The standard InChI is InChI=1S/C20H21N3O5/c1-28-11-12-7-14(19(25)26)10-17(8-12)21-18(24)13-3-2-4-16(9-13)23-20(27)22-15-5-6-15/h2-4,7-10,15H,5-6,11H2,1H3,(H,21,24)(H,25,26)(H2,22,23,27). The Morgan fingerprint density at radius 3 is 2.46 bits per heavy atom. The van der Waals surface area contributed by atoms with Crippen molar-refractivity contribution in [3.8, 4) is 0 Å². The van der Waals surface area contributed by atoms with Crippen LogP contribution in [0.5, 0.6) is 0 Å². The molecule has 8 nitrogen and oxygen atoms in total. The van der Waals surface area contributed by atoms with Crippen molar-refractivity contribution in [2.45, 2.75) is 25.5 Å². The lowest BCUT2D eigenvalue weighted by Crippen LogP contribution is -2.30. The highest BCUT2D eigenvalue weighted by Gasteiger charge is 2.23. The summed E-state index contributed by atoms with van der Waals surface area (Å²) in [6.07, 6.45) is 1.96. The number of carboxylic acid groups (broad SMARTS) is 1. The molecule has 8 heteroatoms. The predicted octanol–water partition coefficient (Wildman–Crippen LogP) is 3.07. The highest BCUT2D eigenvalue weighted by Crippen LogP contribution is 2.20. The van der Waals surface area contributed by atoms with E-state index in [1.54, 1.807) is 30.3 Å². The molecule has 0 bridgehead atoms. The zero-order chi connectivity index (χ0) is 20.1. The van der Waals surface area contributed by atoms with E-state index in [1.807, 2.05) is 0 Å². The highest BCUT2D eigenvalue weighted by molar-refractivity contribution is 6.06. The smallest absolute Gasteiger partial charge is 0.335 e. The maximum atomic E-state index is 12.6. The number of nitrogens with one attached hydrogen (secondary N) is 3. The summed E-state index contributed by atoms with van der Waals surface area (Å²) in [5.41, 5.74) is 1.85. The van der Waals surface area contributed by atoms with Crippen LogP contribution in [0.1, 0.15) is 39.1 Å². The van der Waals surface area contributed by atoms with Gasteiger partial charge in [0.05, 0.1) is 12.2 Å². The van der Waals surface area contributed by atoms with E-state index in [0.29, 0.717) is 22.5 Å². The molecule has 0 atom stereocenters. The maximum absolute atomic E-state index is 12.6. The fraction of sp³-hybridized carbons (Fsp3) is 0.250. The molecule has 3 amide bonds. The zero-order valence-corrected chi connectivity index (χ0v) is 15.3. The summed E-state index contributed by atoms with van der Waals surface area (Å²) >= 11 is 0. The molecular weight excluding hydrogens is 362 g/mol. The Morgan fingerprint density at radius 2 is 1.79 bits per heavy atom. The van der Waals surface area contributed by atoms with E-state index >= 15 is 0 Å². The topological polar surface area (TPSA) is 117 Å². The second-order valence-electron chi connectivity index (χ2n) is 6.56. The molecule has 0 saturated heterocycles. The first kappa shape index (κ1) is 19.4. The number of ether oxygens (including phenoxy) is 1. The molecule has 0 spiro atoms. The van der Waals surface area contributed by atoms with Crippen LogP contribution in [0.25, 0.3) is 0 Å². The molecule has 1 aliphatic carbocycles. The molecule has 28 heavy (non-hydrogen) atoms. The third-order valence-electron chi connectivity index (χ3n) is 4.10. The molecule has 2 aromatic carbocycles. The number of hydrogen-bond donors (Lipinski definition) is 4. The number of carbonyl (C=O) groups excluding carboxylic acids is 2. The Hall–Kier alpha value is -3.39. The Labute approximate surface area is 161 Å². The summed E-state index contributed by atoms with van der Waals surface area (Å²) in [4.78, 5) is 35.7. The van der Waals surface area contributed by atoms with Gasteiger partial charge < -0.3 is 25.8 Å². The second kappa shape index (κ2) is 8.53. The molecule has 4 N–H and O–H groups in total. The number of carboxylic acids is 1. The van der Waals surface area contributed by atoms with Crippen molar-refractivity contribution in [3.05, 3.63) is 59.2 Å². The Kier molecular flexibility index (Phi) is 5.90. The summed E-state index contributed by atoms with van der Waals surface area (Å²) in [7, 11) is 1.50. The number of methoxy groups -OCH3 is 1. The number of carbonyl (C=O) groups is 3. The van der Waals surface area contributed by atoms with Crippen molar-refractivity contribution < 1.29 is 24.2 Å². The van der Waals surface area contributed by atoms with Gasteiger partial charge in [-0.25, -0.2) is 9.59 Å². The number of urea groups is 1. The zero-order valence-electron chi connectivity index (χ0n) is 15.3. The summed E-state index contributed by atoms with van der Waals surface area (Å²) in [6, 6.07) is 11.0. The van der Waals surface area contributed by atoms with E-state index in [9.17, 15) is 19.5 Å². The van der Waals surface area contributed by atoms with Gasteiger partial charge in [0, 0.05) is 30.1 Å². The first-order valence-electron chi connectivity index (χ1n) is 8.80. The third kappa shape index (κ3) is 5.31. The summed E-state index contributed by atoms with van der Waals surface area (Å²) in [5, 5.41) is 17.4. The number of amides is 3. The molecule has 2 aromatic rings. The molecule has 3 rings (SSSR count). The minimum atomic E-state index is -1.10. The van der Waals surface area contributed by atoms with Gasteiger partial charge >= 0.3 is 12.0 Å². The fourth-order valence-electron chi connectivity index (χ4n) is 2.66. The monoisotopic (exact) mass is 383 g/mol.